The van der Waals surface area contributed by atoms with Crippen molar-refractivity contribution in [3.05, 3.63) is 54.0 Å². The lowest BCUT2D eigenvalue weighted by Crippen LogP contribution is -2.36. The van der Waals surface area contributed by atoms with E-state index in [1.54, 1.807) is 18.5 Å². The molecule has 0 aliphatic rings. The third-order valence-corrected chi connectivity index (χ3v) is 2.58. The van der Waals surface area contributed by atoms with Crippen molar-refractivity contribution in [1.82, 2.24) is 15.6 Å². The van der Waals surface area contributed by atoms with Crippen LogP contribution in [-0.2, 0) is 13.1 Å². The van der Waals surface area contributed by atoms with Crippen LogP contribution in [-0.4, -0.2) is 17.5 Å². The highest BCUT2D eigenvalue weighted by Crippen LogP contribution is 2.04. The first kappa shape index (κ1) is 17.4. The first-order valence-electron chi connectivity index (χ1n) is 6.43. The van der Waals surface area contributed by atoms with Crippen LogP contribution >= 0.6 is 24.0 Å². The molecule has 21 heavy (non-hydrogen) atoms. The molecule has 0 bridgehead atoms. The summed E-state index contributed by atoms with van der Waals surface area (Å²) in [6, 6.07) is 6.63. The Kier molecular flexibility index (Phi) is 7.73. The van der Waals surface area contributed by atoms with E-state index in [4.69, 9.17) is 4.42 Å². The Hall–Kier alpha value is -1.64. The van der Waals surface area contributed by atoms with Gasteiger partial charge in [-0.25, -0.2) is 9.38 Å². The number of aliphatic imine (C=N–C) groups is 1. The lowest BCUT2D eigenvalue weighted by atomic mass is 10.3. The van der Waals surface area contributed by atoms with Crippen molar-refractivity contribution in [2.24, 2.45) is 4.99 Å². The number of rotatable bonds is 5. The van der Waals surface area contributed by atoms with Gasteiger partial charge in [-0.05, 0) is 31.2 Å². The molecule has 0 fully saturated rings. The fourth-order valence-electron chi connectivity index (χ4n) is 1.61. The van der Waals surface area contributed by atoms with Gasteiger partial charge in [0, 0.05) is 12.7 Å². The number of nitrogens with one attached hydrogen (secondary N) is 2. The predicted molar refractivity (Wildman–Crippen MR) is 90.0 cm³/mol. The molecule has 5 nitrogen and oxygen atoms in total. The molecule has 0 aliphatic carbocycles. The predicted octanol–water partition coefficient (Wildman–Crippen LogP) is 2.69. The molecule has 7 heteroatoms. The minimum absolute atomic E-state index is 0. The Bertz CT molecular complexity index is 560. The Morgan fingerprint density at radius 2 is 2.19 bits per heavy atom. The molecule has 0 atom stereocenters. The number of furan rings is 1. The molecule has 2 rings (SSSR count). The summed E-state index contributed by atoms with van der Waals surface area (Å²) in [5, 5.41) is 6.19. The van der Waals surface area contributed by atoms with E-state index in [0.29, 0.717) is 24.7 Å². The molecule has 2 aromatic heterocycles. The average Bonchev–Trinajstić information content (AvgIpc) is 2.97. The van der Waals surface area contributed by atoms with E-state index in [9.17, 15) is 4.39 Å². The molecule has 0 saturated heterocycles. The Balaban J connectivity index is 0.00000220. The molecular formula is C14H18FIN4O. The Morgan fingerprint density at radius 1 is 1.33 bits per heavy atom. The van der Waals surface area contributed by atoms with Gasteiger partial charge in [-0.15, -0.1) is 24.0 Å². The van der Waals surface area contributed by atoms with Gasteiger partial charge in [0.25, 0.3) is 0 Å². The van der Waals surface area contributed by atoms with Crippen LogP contribution in [0.3, 0.4) is 0 Å². The van der Waals surface area contributed by atoms with Gasteiger partial charge >= 0.3 is 0 Å². The summed E-state index contributed by atoms with van der Waals surface area (Å²) in [5.74, 6) is 1.05. The summed E-state index contributed by atoms with van der Waals surface area (Å²) in [4.78, 5) is 8.26. The third kappa shape index (κ3) is 5.70. The lowest BCUT2D eigenvalue weighted by molar-refractivity contribution is 0.501. The quantitative estimate of drug-likeness (QED) is 0.457. The monoisotopic (exact) mass is 404 g/mol. The summed E-state index contributed by atoms with van der Waals surface area (Å²) in [6.45, 7) is 3.38. The zero-order valence-corrected chi connectivity index (χ0v) is 14.0. The number of hydrogen-bond acceptors (Lipinski definition) is 3. The second-order valence-corrected chi connectivity index (χ2v) is 4.06. The van der Waals surface area contributed by atoms with Crippen molar-refractivity contribution in [2.45, 2.75) is 20.0 Å². The molecule has 0 saturated carbocycles. The van der Waals surface area contributed by atoms with E-state index in [1.807, 2.05) is 19.1 Å². The van der Waals surface area contributed by atoms with Crippen molar-refractivity contribution in [3.8, 4) is 0 Å². The summed E-state index contributed by atoms with van der Waals surface area (Å²) >= 11 is 0. The zero-order chi connectivity index (χ0) is 14.2. The molecule has 0 unspecified atom stereocenters. The van der Waals surface area contributed by atoms with Crippen molar-refractivity contribution in [2.75, 3.05) is 6.54 Å². The van der Waals surface area contributed by atoms with Gasteiger partial charge in [0.15, 0.2) is 5.96 Å². The molecule has 2 aromatic rings. The van der Waals surface area contributed by atoms with Crippen molar-refractivity contribution < 1.29 is 8.81 Å². The van der Waals surface area contributed by atoms with E-state index in [2.05, 4.69) is 20.6 Å². The maximum Gasteiger partial charge on any atom is 0.192 e. The van der Waals surface area contributed by atoms with Crippen LogP contribution in [0, 0.1) is 5.82 Å². The van der Waals surface area contributed by atoms with Crippen molar-refractivity contribution in [3.63, 3.8) is 0 Å². The van der Waals surface area contributed by atoms with Crippen LogP contribution in [0.2, 0.25) is 0 Å². The fraction of sp³-hybridized carbons (Fsp3) is 0.286. The molecule has 0 spiro atoms. The highest BCUT2D eigenvalue weighted by Gasteiger charge is 2.03. The van der Waals surface area contributed by atoms with Crippen LogP contribution in [0.1, 0.15) is 18.4 Å². The van der Waals surface area contributed by atoms with Gasteiger partial charge in [0.1, 0.15) is 11.6 Å². The first-order valence-corrected chi connectivity index (χ1v) is 6.43. The number of guanidine groups is 1. The summed E-state index contributed by atoms with van der Waals surface area (Å²) in [5.41, 5.74) is 0.322. The van der Waals surface area contributed by atoms with Crippen LogP contribution in [0.25, 0.3) is 0 Å². The first-order chi connectivity index (χ1) is 9.79. The second-order valence-electron chi connectivity index (χ2n) is 4.06. The maximum atomic E-state index is 13.4. The summed E-state index contributed by atoms with van der Waals surface area (Å²) in [6.07, 6.45) is 3.17. The molecule has 2 N–H and O–H groups in total. The van der Waals surface area contributed by atoms with Crippen LogP contribution in [0.5, 0.6) is 0 Å². The molecular weight excluding hydrogens is 386 g/mol. The van der Waals surface area contributed by atoms with Gasteiger partial charge < -0.3 is 15.1 Å². The van der Waals surface area contributed by atoms with Crippen LogP contribution in [0.15, 0.2) is 46.1 Å². The maximum absolute atomic E-state index is 13.4. The van der Waals surface area contributed by atoms with E-state index in [0.717, 1.165) is 5.76 Å². The summed E-state index contributed by atoms with van der Waals surface area (Å²) in [7, 11) is 0. The number of nitrogens with zero attached hydrogens (tertiary/aromatic N) is 2. The number of halogens is 2. The highest BCUT2D eigenvalue weighted by molar-refractivity contribution is 14.0. The van der Waals surface area contributed by atoms with Crippen LogP contribution in [0.4, 0.5) is 4.39 Å². The fourth-order valence-corrected chi connectivity index (χ4v) is 1.61. The molecule has 0 aromatic carbocycles. The Labute approximate surface area is 140 Å². The van der Waals surface area contributed by atoms with Gasteiger partial charge in [-0.2, -0.15) is 0 Å². The van der Waals surface area contributed by atoms with Crippen molar-refractivity contribution >= 4 is 29.9 Å². The largest absolute Gasteiger partial charge is 0.467 e. The molecule has 0 radical (unpaired) electrons. The number of aromatic nitrogens is 1. The van der Waals surface area contributed by atoms with E-state index in [-0.39, 0.29) is 36.3 Å². The third-order valence-electron chi connectivity index (χ3n) is 2.58. The van der Waals surface area contributed by atoms with Gasteiger partial charge in [-0.1, -0.05) is 0 Å². The topological polar surface area (TPSA) is 62.5 Å². The highest BCUT2D eigenvalue weighted by atomic mass is 127. The van der Waals surface area contributed by atoms with E-state index in [1.165, 1.54) is 6.07 Å². The van der Waals surface area contributed by atoms with Gasteiger partial charge in [0.2, 0.25) is 0 Å². The summed E-state index contributed by atoms with van der Waals surface area (Å²) < 4.78 is 18.7. The minimum Gasteiger partial charge on any atom is -0.467 e. The minimum atomic E-state index is -0.349. The number of hydrogen-bond donors (Lipinski definition) is 2. The average molecular weight is 404 g/mol. The lowest BCUT2D eigenvalue weighted by Gasteiger charge is -2.10. The van der Waals surface area contributed by atoms with Gasteiger partial charge in [-0.3, -0.25) is 4.98 Å². The SMILES string of the molecule is CCNC(=NCc1ncccc1F)NCc1ccco1.I. The van der Waals surface area contributed by atoms with Crippen molar-refractivity contribution in [1.29, 1.82) is 0 Å². The number of pyridine rings is 1. The molecule has 114 valence electrons. The standard InChI is InChI=1S/C14H17FN4O.HI/c1-2-16-14(18-9-11-5-4-8-20-11)19-10-13-12(15)6-3-7-17-13;/h3-8H,2,9-10H2,1H3,(H2,16,18,19);1H. The van der Waals surface area contributed by atoms with Gasteiger partial charge in [0.05, 0.1) is 25.0 Å². The van der Waals surface area contributed by atoms with E-state index >= 15 is 0 Å². The zero-order valence-electron chi connectivity index (χ0n) is 11.7. The second kappa shape index (κ2) is 9.32. The smallest absolute Gasteiger partial charge is 0.192 e. The molecule has 0 amide bonds. The van der Waals surface area contributed by atoms with Crippen LogP contribution < -0.4 is 10.6 Å². The normalized spacial score (nSPS) is 10.9. The molecule has 0 aliphatic heterocycles. The molecule has 2 heterocycles. The Morgan fingerprint density at radius 3 is 2.86 bits per heavy atom. The van der Waals surface area contributed by atoms with E-state index < -0.39 is 0 Å².